The molecule has 1 aliphatic heterocycles. The summed E-state index contributed by atoms with van der Waals surface area (Å²) in [6, 6.07) is 6.77. The molecular formula is C15H19F3N2O2. The first kappa shape index (κ1) is 16.8. The van der Waals surface area contributed by atoms with E-state index in [2.05, 4.69) is 10.6 Å². The predicted molar refractivity (Wildman–Crippen MR) is 74.9 cm³/mol. The molecule has 0 radical (unpaired) electrons. The highest BCUT2D eigenvalue weighted by Gasteiger charge is 2.55. The number of halogens is 3. The standard InChI is InChI=1S/C15H19F3N2O2/c1-10(11-7-19-8-11)13(21)20-9-14(22,15(16,17)18)12-5-3-2-4-6-12/h2-6,10-11,19,22H,7-9H2,1H3,(H,20,21). The molecule has 2 rings (SSSR count). The van der Waals surface area contributed by atoms with Crippen LogP contribution in [0.3, 0.4) is 0 Å². The number of aliphatic hydroxyl groups is 1. The molecule has 2 unspecified atom stereocenters. The van der Waals surface area contributed by atoms with Gasteiger partial charge in [-0.25, -0.2) is 0 Å². The van der Waals surface area contributed by atoms with Crippen molar-refractivity contribution in [3.05, 3.63) is 35.9 Å². The highest BCUT2D eigenvalue weighted by molar-refractivity contribution is 5.78. The molecule has 0 spiro atoms. The average Bonchev–Trinajstić information content (AvgIpc) is 2.42. The largest absolute Gasteiger partial charge is 0.423 e. The van der Waals surface area contributed by atoms with Crippen molar-refractivity contribution < 1.29 is 23.1 Å². The van der Waals surface area contributed by atoms with Gasteiger partial charge in [0.15, 0.2) is 0 Å². The van der Waals surface area contributed by atoms with Gasteiger partial charge < -0.3 is 15.7 Å². The van der Waals surface area contributed by atoms with Crippen molar-refractivity contribution in [2.24, 2.45) is 11.8 Å². The average molecular weight is 316 g/mol. The van der Waals surface area contributed by atoms with Crippen molar-refractivity contribution in [2.75, 3.05) is 19.6 Å². The Morgan fingerprint density at radius 3 is 2.41 bits per heavy atom. The molecule has 0 saturated carbocycles. The van der Waals surface area contributed by atoms with Gasteiger partial charge in [-0.1, -0.05) is 37.3 Å². The summed E-state index contributed by atoms with van der Waals surface area (Å²) in [7, 11) is 0. The summed E-state index contributed by atoms with van der Waals surface area (Å²) in [5.41, 5.74) is -3.39. The van der Waals surface area contributed by atoms with Crippen molar-refractivity contribution in [1.29, 1.82) is 0 Å². The van der Waals surface area contributed by atoms with E-state index in [9.17, 15) is 23.1 Å². The maximum absolute atomic E-state index is 13.3. The van der Waals surface area contributed by atoms with Crippen LogP contribution in [-0.4, -0.2) is 36.8 Å². The number of nitrogens with one attached hydrogen (secondary N) is 2. The van der Waals surface area contributed by atoms with Crippen molar-refractivity contribution in [3.8, 4) is 0 Å². The Kier molecular flexibility index (Phi) is 4.77. The van der Waals surface area contributed by atoms with Crippen LogP contribution >= 0.6 is 0 Å². The fraction of sp³-hybridized carbons (Fsp3) is 0.533. The van der Waals surface area contributed by atoms with Crippen LogP contribution in [0.4, 0.5) is 13.2 Å². The highest BCUT2D eigenvalue weighted by Crippen LogP contribution is 2.38. The Morgan fingerprint density at radius 1 is 1.36 bits per heavy atom. The minimum atomic E-state index is -4.89. The van der Waals surface area contributed by atoms with Crippen LogP contribution in [0.15, 0.2) is 30.3 Å². The molecule has 0 bridgehead atoms. The third-order valence-corrected chi connectivity index (χ3v) is 4.17. The first-order valence-electron chi connectivity index (χ1n) is 7.09. The van der Waals surface area contributed by atoms with Gasteiger partial charge in [-0.05, 0) is 24.6 Å². The Balaban J connectivity index is 2.09. The van der Waals surface area contributed by atoms with Gasteiger partial charge >= 0.3 is 6.18 Å². The molecule has 1 aromatic rings. The fourth-order valence-corrected chi connectivity index (χ4v) is 2.33. The SMILES string of the molecule is CC(C(=O)NCC(O)(c1ccccc1)C(F)(F)F)C1CNC1. The topological polar surface area (TPSA) is 61.4 Å². The second-order valence-corrected chi connectivity index (χ2v) is 5.65. The lowest BCUT2D eigenvalue weighted by atomic mass is 9.87. The minimum absolute atomic E-state index is 0.121. The summed E-state index contributed by atoms with van der Waals surface area (Å²) in [6.45, 7) is 2.13. The second kappa shape index (κ2) is 6.26. The summed E-state index contributed by atoms with van der Waals surface area (Å²) in [6.07, 6.45) is -4.89. The smallest absolute Gasteiger partial charge is 0.375 e. The van der Waals surface area contributed by atoms with Gasteiger partial charge in [0, 0.05) is 5.92 Å². The van der Waals surface area contributed by atoms with Crippen LogP contribution in [0.5, 0.6) is 0 Å². The first-order chi connectivity index (χ1) is 10.3. The zero-order valence-electron chi connectivity index (χ0n) is 12.2. The van der Waals surface area contributed by atoms with E-state index in [1.54, 1.807) is 13.0 Å². The van der Waals surface area contributed by atoms with E-state index in [-0.39, 0.29) is 11.5 Å². The molecule has 7 heteroatoms. The van der Waals surface area contributed by atoms with Gasteiger partial charge in [0.05, 0.1) is 6.54 Å². The van der Waals surface area contributed by atoms with Crippen LogP contribution in [0.2, 0.25) is 0 Å². The van der Waals surface area contributed by atoms with Crippen molar-refractivity contribution in [2.45, 2.75) is 18.7 Å². The van der Waals surface area contributed by atoms with Crippen molar-refractivity contribution in [1.82, 2.24) is 10.6 Å². The third kappa shape index (κ3) is 3.25. The van der Waals surface area contributed by atoms with Gasteiger partial charge in [0.25, 0.3) is 0 Å². The summed E-state index contributed by atoms with van der Waals surface area (Å²) in [5.74, 6) is -0.754. The Bertz CT molecular complexity index is 517. The fourth-order valence-electron chi connectivity index (χ4n) is 2.33. The second-order valence-electron chi connectivity index (χ2n) is 5.65. The summed E-state index contributed by atoms with van der Waals surface area (Å²) >= 11 is 0. The number of amides is 1. The van der Waals surface area contributed by atoms with Gasteiger partial charge in [-0.3, -0.25) is 4.79 Å². The van der Waals surface area contributed by atoms with Gasteiger partial charge in [-0.15, -0.1) is 0 Å². The Labute approximate surface area is 126 Å². The molecule has 1 fully saturated rings. The highest BCUT2D eigenvalue weighted by atomic mass is 19.4. The molecule has 2 atom stereocenters. The number of alkyl halides is 3. The van der Waals surface area contributed by atoms with Gasteiger partial charge in [-0.2, -0.15) is 13.2 Å². The first-order valence-corrected chi connectivity index (χ1v) is 7.09. The summed E-state index contributed by atoms with van der Waals surface area (Å²) < 4.78 is 39.8. The Morgan fingerprint density at radius 2 is 1.95 bits per heavy atom. The molecule has 1 heterocycles. The molecule has 4 nitrogen and oxygen atoms in total. The molecular weight excluding hydrogens is 297 g/mol. The molecule has 22 heavy (non-hydrogen) atoms. The van der Waals surface area contributed by atoms with Crippen LogP contribution in [0.1, 0.15) is 12.5 Å². The van der Waals surface area contributed by atoms with E-state index in [1.165, 1.54) is 24.3 Å². The lowest BCUT2D eigenvalue weighted by Crippen LogP contribution is -2.54. The lowest BCUT2D eigenvalue weighted by Gasteiger charge is -2.34. The van der Waals surface area contributed by atoms with E-state index >= 15 is 0 Å². The number of carbonyl (C=O) groups excluding carboxylic acids is 1. The molecule has 122 valence electrons. The molecule has 3 N–H and O–H groups in total. The maximum atomic E-state index is 13.3. The predicted octanol–water partition coefficient (Wildman–Crippen LogP) is 1.41. The minimum Gasteiger partial charge on any atom is -0.375 e. The third-order valence-electron chi connectivity index (χ3n) is 4.17. The van der Waals surface area contributed by atoms with E-state index in [1.807, 2.05) is 0 Å². The quantitative estimate of drug-likeness (QED) is 0.770. The van der Waals surface area contributed by atoms with Crippen molar-refractivity contribution >= 4 is 5.91 Å². The number of hydrogen-bond acceptors (Lipinski definition) is 3. The van der Waals surface area contributed by atoms with E-state index in [0.717, 1.165) is 0 Å². The monoisotopic (exact) mass is 316 g/mol. The van der Waals surface area contributed by atoms with Gasteiger partial charge in [0.1, 0.15) is 0 Å². The van der Waals surface area contributed by atoms with Crippen LogP contribution in [0, 0.1) is 11.8 Å². The maximum Gasteiger partial charge on any atom is 0.423 e. The molecule has 1 aliphatic rings. The van der Waals surface area contributed by atoms with Gasteiger partial charge in [0.2, 0.25) is 11.5 Å². The van der Waals surface area contributed by atoms with Crippen LogP contribution in [0.25, 0.3) is 0 Å². The normalized spacial score (nSPS) is 19.9. The summed E-state index contributed by atoms with van der Waals surface area (Å²) in [4.78, 5) is 12.0. The molecule has 1 saturated heterocycles. The molecule has 0 aliphatic carbocycles. The van der Waals surface area contributed by atoms with E-state index in [4.69, 9.17) is 0 Å². The van der Waals surface area contributed by atoms with Crippen LogP contribution in [-0.2, 0) is 10.4 Å². The number of carbonyl (C=O) groups is 1. The zero-order valence-corrected chi connectivity index (χ0v) is 12.2. The van der Waals surface area contributed by atoms with Crippen LogP contribution < -0.4 is 10.6 Å². The number of hydrogen-bond donors (Lipinski definition) is 3. The molecule has 0 aromatic heterocycles. The zero-order chi connectivity index (χ0) is 16.4. The lowest BCUT2D eigenvalue weighted by molar-refractivity contribution is -0.264. The van der Waals surface area contributed by atoms with E-state index in [0.29, 0.717) is 13.1 Å². The van der Waals surface area contributed by atoms with E-state index < -0.39 is 30.1 Å². The number of rotatable bonds is 5. The number of benzene rings is 1. The Hall–Kier alpha value is -1.60. The van der Waals surface area contributed by atoms with Crippen molar-refractivity contribution in [3.63, 3.8) is 0 Å². The molecule has 1 aromatic carbocycles. The molecule has 1 amide bonds. The summed E-state index contributed by atoms with van der Waals surface area (Å²) in [5, 5.41) is 15.4.